The van der Waals surface area contributed by atoms with Crippen LogP contribution in [0.25, 0.3) is 10.2 Å². The Labute approximate surface area is 106 Å². The number of rotatable bonds is 1. The average Bonchev–Trinajstić information content (AvgIpc) is 2.72. The predicted molar refractivity (Wildman–Crippen MR) is 59.0 cm³/mol. The number of hydrogen-bond donors (Lipinski definition) is 0. The van der Waals surface area contributed by atoms with Gasteiger partial charge in [-0.05, 0) is 12.1 Å². The molecule has 0 aliphatic heterocycles. The summed E-state index contributed by atoms with van der Waals surface area (Å²) in [6.45, 7) is 0. The Morgan fingerprint density at radius 3 is 2.71 bits per heavy atom. The molecule has 90 valence electrons. The van der Waals surface area contributed by atoms with Gasteiger partial charge in [0.2, 0.25) is 0 Å². The zero-order valence-corrected chi connectivity index (χ0v) is 10.3. The number of hydrogen-bond acceptors (Lipinski definition) is 4. The van der Waals surface area contributed by atoms with E-state index in [-0.39, 0.29) is 15.8 Å². The Kier molecular flexibility index (Phi) is 3.09. The van der Waals surface area contributed by atoms with Crippen molar-refractivity contribution in [3.05, 3.63) is 28.8 Å². The van der Waals surface area contributed by atoms with Crippen molar-refractivity contribution < 1.29 is 21.8 Å². The first-order chi connectivity index (χ1) is 7.93. The second-order valence-corrected chi connectivity index (χ2v) is 4.30. The lowest BCUT2D eigenvalue weighted by molar-refractivity contribution is -0.136. The van der Waals surface area contributed by atoms with Crippen LogP contribution in [0.1, 0.15) is 15.9 Å². The molecule has 0 amide bonds. The summed E-state index contributed by atoms with van der Waals surface area (Å²) < 4.78 is 42.7. The topological polar surface area (TPSA) is 39.2 Å². The highest BCUT2D eigenvalue weighted by Gasteiger charge is 2.34. The molecule has 0 spiro atoms. The van der Waals surface area contributed by atoms with Crippen LogP contribution in [0.5, 0.6) is 0 Å². The van der Waals surface area contributed by atoms with E-state index in [4.69, 9.17) is 0 Å². The third kappa shape index (κ3) is 2.27. The molecule has 8 heteroatoms. The normalized spacial score (nSPS) is 11.8. The number of nitrogens with zero attached hydrogens (tertiary/aromatic N) is 1. The highest BCUT2D eigenvalue weighted by molar-refractivity contribution is 9.06. The second kappa shape index (κ2) is 4.26. The minimum atomic E-state index is -4.56. The van der Waals surface area contributed by atoms with E-state index in [0.717, 1.165) is 17.4 Å². The van der Waals surface area contributed by atoms with Gasteiger partial charge >= 0.3 is 12.1 Å². The first-order valence-electron chi connectivity index (χ1n) is 4.21. The first kappa shape index (κ1) is 12.3. The summed E-state index contributed by atoms with van der Waals surface area (Å²) in [5, 5.41) is 0. The molecule has 0 N–H and O–H groups in total. The van der Waals surface area contributed by atoms with Crippen LogP contribution >= 0.6 is 27.6 Å². The quantitative estimate of drug-likeness (QED) is 0.801. The molecule has 1 aromatic heterocycles. The molecule has 1 heterocycles. The maximum atomic E-state index is 12.7. The van der Waals surface area contributed by atoms with Crippen molar-refractivity contribution in [1.82, 2.24) is 4.98 Å². The molecule has 0 radical (unpaired) electrons. The molecule has 0 bridgehead atoms. The fourth-order valence-corrected chi connectivity index (χ4v) is 2.27. The minimum absolute atomic E-state index is 0.159. The number of halogens is 4. The van der Waals surface area contributed by atoms with E-state index < -0.39 is 17.7 Å². The maximum Gasteiger partial charge on any atom is 0.418 e. The Bertz CT molecular complexity index is 581. The predicted octanol–water partition coefficient (Wildman–Crippen LogP) is 3.78. The molecule has 0 atom stereocenters. The number of aromatic nitrogens is 1. The van der Waals surface area contributed by atoms with Crippen LogP contribution in [-0.2, 0) is 10.0 Å². The van der Waals surface area contributed by atoms with E-state index in [0.29, 0.717) is 0 Å². The summed E-state index contributed by atoms with van der Waals surface area (Å²) in [5.74, 6) is -0.884. The zero-order valence-electron chi connectivity index (χ0n) is 7.92. The summed E-state index contributed by atoms with van der Waals surface area (Å²) in [7, 11) is 0. The largest absolute Gasteiger partial charge is 0.418 e. The summed E-state index contributed by atoms with van der Waals surface area (Å²) in [6, 6.07) is 2.04. The average molecular weight is 326 g/mol. The number of thiazole rings is 1. The van der Waals surface area contributed by atoms with Crippen LogP contribution in [-0.4, -0.2) is 11.0 Å². The van der Waals surface area contributed by atoms with Crippen molar-refractivity contribution in [1.29, 1.82) is 0 Å². The van der Waals surface area contributed by atoms with Gasteiger partial charge in [-0.3, -0.25) is 0 Å². The van der Waals surface area contributed by atoms with E-state index >= 15 is 0 Å². The van der Waals surface area contributed by atoms with Gasteiger partial charge in [-0.1, -0.05) is 0 Å². The Morgan fingerprint density at radius 1 is 1.41 bits per heavy atom. The molecule has 1 aromatic carbocycles. The molecule has 0 fully saturated rings. The Balaban J connectivity index is 2.71. The van der Waals surface area contributed by atoms with Crippen LogP contribution in [0, 0.1) is 0 Å². The number of carbonyl (C=O) groups excluding carboxylic acids is 1. The molecular formula is C9H3BrF3NO2S. The van der Waals surface area contributed by atoms with Gasteiger partial charge in [0.15, 0.2) is 16.3 Å². The lowest BCUT2D eigenvalue weighted by atomic mass is 10.1. The van der Waals surface area contributed by atoms with Gasteiger partial charge in [-0.2, -0.15) is 13.2 Å². The molecule has 3 nitrogen and oxygen atoms in total. The third-order valence-corrected chi connectivity index (χ3v) is 3.12. The Morgan fingerprint density at radius 2 is 2.12 bits per heavy atom. The van der Waals surface area contributed by atoms with E-state index in [1.54, 1.807) is 0 Å². The standard InChI is InChI=1S/C9H3BrF3NO2S/c10-16-8(15)4-1-5(9(11,12)13)7-6(2-4)17-3-14-7/h1-3H. The molecule has 17 heavy (non-hydrogen) atoms. The van der Waals surface area contributed by atoms with Gasteiger partial charge in [-0.25, -0.2) is 9.78 Å². The number of benzene rings is 1. The molecule has 0 saturated carbocycles. The highest BCUT2D eigenvalue weighted by atomic mass is 79.9. The van der Waals surface area contributed by atoms with E-state index in [1.165, 1.54) is 11.6 Å². The van der Waals surface area contributed by atoms with Crippen LogP contribution in [0.4, 0.5) is 13.2 Å². The van der Waals surface area contributed by atoms with Gasteiger partial charge < -0.3 is 3.83 Å². The van der Waals surface area contributed by atoms with Crippen molar-refractivity contribution in [2.75, 3.05) is 0 Å². The van der Waals surface area contributed by atoms with E-state index in [1.807, 2.05) is 0 Å². The van der Waals surface area contributed by atoms with Crippen LogP contribution in [0.3, 0.4) is 0 Å². The van der Waals surface area contributed by atoms with Crippen molar-refractivity contribution in [3.63, 3.8) is 0 Å². The lowest BCUT2D eigenvalue weighted by Crippen LogP contribution is -2.08. The molecule has 2 rings (SSSR count). The number of carbonyl (C=O) groups is 1. The molecule has 2 aromatic rings. The van der Waals surface area contributed by atoms with E-state index in [2.05, 4.69) is 25.1 Å². The molecule has 0 saturated heterocycles. The van der Waals surface area contributed by atoms with Crippen LogP contribution in [0.15, 0.2) is 17.6 Å². The molecule has 0 aliphatic carbocycles. The van der Waals surface area contributed by atoms with E-state index in [9.17, 15) is 18.0 Å². The summed E-state index contributed by atoms with van der Waals surface area (Å²) in [6.07, 6.45) is -4.56. The van der Waals surface area contributed by atoms with Crippen molar-refractivity contribution in [2.24, 2.45) is 0 Å². The fraction of sp³-hybridized carbons (Fsp3) is 0.111. The van der Waals surface area contributed by atoms with Crippen molar-refractivity contribution in [2.45, 2.75) is 6.18 Å². The maximum absolute atomic E-state index is 12.7. The second-order valence-electron chi connectivity index (χ2n) is 3.09. The molecule has 0 aliphatic rings. The lowest BCUT2D eigenvalue weighted by Gasteiger charge is -2.08. The number of alkyl halides is 3. The van der Waals surface area contributed by atoms with Gasteiger partial charge in [0, 0.05) is 0 Å². The molecule has 0 unspecified atom stereocenters. The van der Waals surface area contributed by atoms with Crippen LogP contribution in [0.2, 0.25) is 0 Å². The number of fused-ring (bicyclic) bond motifs is 1. The summed E-state index contributed by atoms with van der Waals surface area (Å²) >= 11 is 3.46. The summed E-state index contributed by atoms with van der Waals surface area (Å²) in [4.78, 5) is 14.9. The minimum Gasteiger partial charge on any atom is -0.380 e. The smallest absolute Gasteiger partial charge is 0.380 e. The highest BCUT2D eigenvalue weighted by Crippen LogP contribution is 2.36. The zero-order chi connectivity index (χ0) is 12.6. The van der Waals surface area contributed by atoms with Gasteiger partial charge in [0.05, 0.1) is 26.9 Å². The Hall–Kier alpha value is -1.15. The fourth-order valence-electron chi connectivity index (χ4n) is 1.35. The third-order valence-electron chi connectivity index (χ3n) is 2.05. The van der Waals surface area contributed by atoms with Gasteiger partial charge in [-0.15, -0.1) is 11.3 Å². The van der Waals surface area contributed by atoms with Crippen LogP contribution < -0.4 is 0 Å². The first-order valence-corrected chi connectivity index (χ1v) is 5.73. The molecular weight excluding hydrogens is 323 g/mol. The monoisotopic (exact) mass is 325 g/mol. The van der Waals surface area contributed by atoms with Gasteiger partial charge in [0.1, 0.15) is 0 Å². The van der Waals surface area contributed by atoms with Crippen molar-refractivity contribution in [3.8, 4) is 0 Å². The van der Waals surface area contributed by atoms with Gasteiger partial charge in [0.25, 0.3) is 0 Å². The summed E-state index contributed by atoms with van der Waals surface area (Å²) in [5.41, 5.74) is 0.0205. The SMILES string of the molecule is O=C(OBr)c1cc(C(F)(F)F)c2ncsc2c1. The van der Waals surface area contributed by atoms with Crippen molar-refractivity contribution >= 4 is 43.8 Å².